The van der Waals surface area contributed by atoms with Gasteiger partial charge in [0.15, 0.2) is 5.82 Å². The van der Waals surface area contributed by atoms with E-state index in [1.54, 1.807) is 0 Å². The molecule has 2 atom stereocenters. The number of fused-ring (bicyclic) bond motifs is 1. The zero-order valence-electron chi connectivity index (χ0n) is 12.7. The maximum absolute atomic E-state index is 5.44. The number of rotatable bonds is 5. The molecule has 1 saturated carbocycles. The van der Waals surface area contributed by atoms with Crippen molar-refractivity contribution in [1.82, 2.24) is 15.0 Å². The highest BCUT2D eigenvalue weighted by Crippen LogP contribution is 2.35. The predicted octanol–water partition coefficient (Wildman–Crippen LogP) is 3.57. The Balaban J connectivity index is 1.59. The van der Waals surface area contributed by atoms with Crippen LogP contribution < -0.4 is 0 Å². The van der Waals surface area contributed by atoms with Gasteiger partial charge < -0.3 is 4.52 Å². The van der Waals surface area contributed by atoms with Gasteiger partial charge in [0.25, 0.3) is 0 Å². The van der Waals surface area contributed by atoms with Crippen molar-refractivity contribution in [3.63, 3.8) is 0 Å². The Morgan fingerprint density at radius 2 is 2.05 bits per heavy atom. The third-order valence-corrected chi connectivity index (χ3v) is 4.96. The molecule has 1 aromatic heterocycles. The molecule has 4 nitrogen and oxygen atoms in total. The zero-order valence-corrected chi connectivity index (χ0v) is 12.7. The van der Waals surface area contributed by atoms with Crippen LogP contribution in [0.2, 0.25) is 0 Å². The van der Waals surface area contributed by atoms with E-state index in [4.69, 9.17) is 4.52 Å². The highest BCUT2D eigenvalue weighted by atomic mass is 16.5. The molecule has 0 amide bonds. The molecular weight excluding hydrogens is 250 g/mol. The van der Waals surface area contributed by atoms with Crippen molar-refractivity contribution in [2.45, 2.75) is 77.3 Å². The molecule has 112 valence electrons. The van der Waals surface area contributed by atoms with Crippen LogP contribution in [0.4, 0.5) is 0 Å². The van der Waals surface area contributed by atoms with Gasteiger partial charge in [-0.25, -0.2) is 0 Å². The minimum absolute atomic E-state index is 0.767. The maximum atomic E-state index is 5.44. The first kappa shape index (κ1) is 14.1. The third kappa shape index (κ3) is 3.22. The molecular formula is C16H27N3O. The average molecular weight is 277 g/mol. The molecule has 0 N–H and O–H groups in total. The van der Waals surface area contributed by atoms with E-state index < -0.39 is 0 Å². The standard InChI is InChI=1S/C16H27N3O/c1-2-3-10-15-17-16(20-18-15)12-19-11-6-8-13-7-4-5-9-14(13)19/h13-14H,2-12H2,1H3. The molecule has 1 aromatic rings. The molecule has 4 heteroatoms. The number of aryl methyl sites for hydroxylation is 1. The van der Waals surface area contributed by atoms with Gasteiger partial charge in [0.1, 0.15) is 0 Å². The molecule has 0 spiro atoms. The van der Waals surface area contributed by atoms with E-state index in [0.717, 1.165) is 43.1 Å². The summed E-state index contributed by atoms with van der Waals surface area (Å²) in [5.74, 6) is 2.63. The van der Waals surface area contributed by atoms with Gasteiger partial charge in [-0.2, -0.15) is 4.98 Å². The second-order valence-electron chi connectivity index (χ2n) is 6.43. The van der Waals surface area contributed by atoms with Crippen LogP contribution in [0.25, 0.3) is 0 Å². The molecule has 0 aromatic carbocycles. The van der Waals surface area contributed by atoms with Crippen molar-refractivity contribution in [2.24, 2.45) is 5.92 Å². The zero-order chi connectivity index (χ0) is 13.8. The summed E-state index contributed by atoms with van der Waals surface area (Å²) in [5, 5.41) is 4.11. The van der Waals surface area contributed by atoms with Gasteiger partial charge in [-0.15, -0.1) is 0 Å². The molecule has 2 heterocycles. The van der Waals surface area contributed by atoms with E-state index in [2.05, 4.69) is 22.0 Å². The summed E-state index contributed by atoms with van der Waals surface area (Å²) in [7, 11) is 0. The van der Waals surface area contributed by atoms with Crippen LogP contribution in [0.3, 0.4) is 0 Å². The second-order valence-corrected chi connectivity index (χ2v) is 6.43. The Labute approximate surface area is 121 Å². The smallest absolute Gasteiger partial charge is 0.240 e. The molecule has 1 saturated heterocycles. The quantitative estimate of drug-likeness (QED) is 0.825. The Hall–Kier alpha value is -0.900. The number of piperidine rings is 1. The highest BCUT2D eigenvalue weighted by Gasteiger charge is 2.33. The van der Waals surface area contributed by atoms with E-state index in [1.165, 1.54) is 51.5 Å². The summed E-state index contributed by atoms with van der Waals surface area (Å²) < 4.78 is 5.44. The monoisotopic (exact) mass is 277 g/mol. The van der Waals surface area contributed by atoms with Crippen LogP contribution in [0, 0.1) is 5.92 Å². The minimum atomic E-state index is 0.767. The molecule has 2 aliphatic rings. The number of aromatic nitrogens is 2. The fourth-order valence-corrected chi connectivity index (χ4v) is 3.89. The molecule has 0 bridgehead atoms. The van der Waals surface area contributed by atoms with Gasteiger partial charge in [-0.1, -0.05) is 31.3 Å². The third-order valence-electron chi connectivity index (χ3n) is 4.96. The molecule has 1 aliphatic heterocycles. The first-order chi connectivity index (χ1) is 9.86. The maximum Gasteiger partial charge on any atom is 0.240 e. The number of unbranched alkanes of at least 4 members (excludes halogenated alkanes) is 1. The molecule has 2 fully saturated rings. The van der Waals surface area contributed by atoms with E-state index in [-0.39, 0.29) is 0 Å². The lowest BCUT2D eigenvalue weighted by atomic mass is 9.78. The van der Waals surface area contributed by atoms with Gasteiger partial charge in [-0.05, 0) is 44.6 Å². The Morgan fingerprint density at radius 3 is 2.95 bits per heavy atom. The normalized spacial score (nSPS) is 27.4. The number of hydrogen-bond acceptors (Lipinski definition) is 4. The Bertz CT molecular complexity index is 416. The predicted molar refractivity (Wildman–Crippen MR) is 78.3 cm³/mol. The molecule has 1 aliphatic carbocycles. The summed E-state index contributed by atoms with van der Waals surface area (Å²) >= 11 is 0. The summed E-state index contributed by atoms with van der Waals surface area (Å²) in [6.07, 6.45) is 11.6. The van der Waals surface area contributed by atoms with E-state index in [9.17, 15) is 0 Å². The van der Waals surface area contributed by atoms with Crippen LogP contribution in [0.15, 0.2) is 4.52 Å². The average Bonchev–Trinajstić information content (AvgIpc) is 2.93. The van der Waals surface area contributed by atoms with Crippen LogP contribution in [0.1, 0.15) is 70.0 Å². The molecule has 0 radical (unpaired) electrons. The second kappa shape index (κ2) is 6.70. The lowest BCUT2D eigenvalue weighted by Gasteiger charge is -2.43. The van der Waals surface area contributed by atoms with Crippen molar-refractivity contribution < 1.29 is 4.52 Å². The van der Waals surface area contributed by atoms with Gasteiger partial charge in [0.2, 0.25) is 5.89 Å². The van der Waals surface area contributed by atoms with Gasteiger partial charge in [0.05, 0.1) is 6.54 Å². The van der Waals surface area contributed by atoms with Crippen LogP contribution >= 0.6 is 0 Å². The lowest BCUT2D eigenvalue weighted by Crippen LogP contribution is -2.46. The van der Waals surface area contributed by atoms with E-state index in [0.29, 0.717) is 0 Å². The molecule has 3 rings (SSSR count). The lowest BCUT2D eigenvalue weighted by molar-refractivity contribution is 0.0466. The van der Waals surface area contributed by atoms with Crippen LogP contribution in [-0.4, -0.2) is 27.6 Å². The van der Waals surface area contributed by atoms with E-state index >= 15 is 0 Å². The van der Waals surface area contributed by atoms with Gasteiger partial charge in [0, 0.05) is 12.5 Å². The van der Waals surface area contributed by atoms with Crippen molar-refractivity contribution >= 4 is 0 Å². The summed E-state index contributed by atoms with van der Waals surface area (Å²) in [6, 6.07) is 0.767. The van der Waals surface area contributed by atoms with Gasteiger partial charge in [-0.3, -0.25) is 4.90 Å². The minimum Gasteiger partial charge on any atom is -0.338 e. The fraction of sp³-hybridized carbons (Fsp3) is 0.875. The molecule has 20 heavy (non-hydrogen) atoms. The summed E-state index contributed by atoms with van der Waals surface area (Å²) in [4.78, 5) is 7.16. The Kier molecular flexibility index (Phi) is 4.71. The fourth-order valence-electron chi connectivity index (χ4n) is 3.89. The van der Waals surface area contributed by atoms with Crippen molar-refractivity contribution in [1.29, 1.82) is 0 Å². The van der Waals surface area contributed by atoms with Gasteiger partial charge >= 0.3 is 0 Å². The number of nitrogens with zero attached hydrogens (tertiary/aromatic N) is 3. The number of likely N-dealkylation sites (tertiary alicyclic amines) is 1. The van der Waals surface area contributed by atoms with E-state index in [1.807, 2.05) is 0 Å². The van der Waals surface area contributed by atoms with Crippen LogP contribution in [-0.2, 0) is 13.0 Å². The number of hydrogen-bond donors (Lipinski definition) is 0. The molecule has 2 unspecified atom stereocenters. The summed E-state index contributed by atoms with van der Waals surface area (Å²) in [6.45, 7) is 4.26. The van der Waals surface area contributed by atoms with Crippen LogP contribution in [0.5, 0.6) is 0 Å². The highest BCUT2D eigenvalue weighted by molar-refractivity contribution is 4.92. The topological polar surface area (TPSA) is 42.2 Å². The SMILES string of the molecule is CCCCc1noc(CN2CCCC3CCCCC32)n1. The summed E-state index contributed by atoms with van der Waals surface area (Å²) in [5.41, 5.74) is 0. The first-order valence-electron chi connectivity index (χ1n) is 8.42. The Morgan fingerprint density at radius 1 is 1.20 bits per heavy atom. The first-order valence-corrected chi connectivity index (χ1v) is 8.42. The van der Waals surface area contributed by atoms with Crippen molar-refractivity contribution in [3.05, 3.63) is 11.7 Å². The van der Waals surface area contributed by atoms with Crippen molar-refractivity contribution in [3.8, 4) is 0 Å². The van der Waals surface area contributed by atoms with Crippen molar-refractivity contribution in [2.75, 3.05) is 6.54 Å². The largest absolute Gasteiger partial charge is 0.338 e.